The molecule has 0 saturated heterocycles. The van der Waals surface area contributed by atoms with Crippen molar-refractivity contribution in [3.05, 3.63) is 112 Å². The van der Waals surface area contributed by atoms with E-state index in [9.17, 15) is 26.7 Å². The van der Waals surface area contributed by atoms with Crippen molar-refractivity contribution in [3.8, 4) is 28.5 Å². The Morgan fingerprint density at radius 1 is 1.07 bits per heavy atom. The van der Waals surface area contributed by atoms with Gasteiger partial charge in [-0.25, -0.2) is 23.2 Å². The van der Waals surface area contributed by atoms with Gasteiger partial charge in [0.2, 0.25) is 0 Å². The first kappa shape index (κ1) is 31.3. The SMILES string of the molecule is Cc1csc(=NC(=O)N/C=C(\F)c2ccc(-c3ncn(-c4ccc(OC(F)(F)F)cc4)n3)cc2)n1-c1ccc(F)cc1C(C)C. The van der Waals surface area contributed by atoms with E-state index in [0.717, 1.165) is 29.6 Å². The number of nitrogens with one attached hydrogen (secondary N) is 1. The molecule has 232 valence electrons. The third-order valence-electron chi connectivity index (χ3n) is 6.50. The molecule has 0 radical (unpaired) electrons. The minimum Gasteiger partial charge on any atom is -0.406 e. The molecule has 2 aromatic heterocycles. The molecule has 0 atom stereocenters. The van der Waals surface area contributed by atoms with Crippen LogP contribution in [-0.4, -0.2) is 31.7 Å². The summed E-state index contributed by atoms with van der Waals surface area (Å²) < 4.78 is 73.0. The molecule has 2 amide bonds. The van der Waals surface area contributed by atoms with Crippen LogP contribution in [0.5, 0.6) is 5.75 Å². The first-order valence-electron chi connectivity index (χ1n) is 13.4. The highest BCUT2D eigenvalue weighted by atomic mass is 32.1. The van der Waals surface area contributed by atoms with Gasteiger partial charge in [-0.2, -0.15) is 4.99 Å². The second kappa shape index (κ2) is 12.9. The second-order valence-electron chi connectivity index (χ2n) is 10.0. The van der Waals surface area contributed by atoms with Crippen LogP contribution in [0.2, 0.25) is 0 Å². The maximum Gasteiger partial charge on any atom is 0.573 e. The Morgan fingerprint density at radius 2 is 1.78 bits per heavy atom. The van der Waals surface area contributed by atoms with Crippen LogP contribution >= 0.6 is 11.3 Å². The van der Waals surface area contributed by atoms with Crippen LogP contribution in [0.3, 0.4) is 0 Å². The molecule has 3 aromatic carbocycles. The molecule has 0 fully saturated rings. The van der Waals surface area contributed by atoms with Crippen molar-refractivity contribution in [3.63, 3.8) is 0 Å². The highest BCUT2D eigenvalue weighted by Crippen LogP contribution is 2.26. The molecule has 0 saturated carbocycles. The predicted octanol–water partition coefficient (Wildman–Crippen LogP) is 7.83. The number of urea groups is 1. The second-order valence-corrected chi connectivity index (χ2v) is 10.9. The zero-order valence-corrected chi connectivity index (χ0v) is 24.8. The van der Waals surface area contributed by atoms with Crippen molar-refractivity contribution in [1.82, 2.24) is 24.6 Å². The van der Waals surface area contributed by atoms with Crippen LogP contribution in [0.15, 0.2) is 89.6 Å². The Morgan fingerprint density at radius 3 is 2.44 bits per heavy atom. The molecular weight excluding hydrogens is 615 g/mol. The van der Waals surface area contributed by atoms with Crippen molar-refractivity contribution in [2.75, 3.05) is 0 Å². The number of nitrogens with zero attached hydrogens (tertiary/aromatic N) is 5. The number of halogens is 5. The van der Waals surface area contributed by atoms with E-state index in [1.54, 1.807) is 22.8 Å². The van der Waals surface area contributed by atoms with Gasteiger partial charge in [0.15, 0.2) is 10.6 Å². The first-order valence-corrected chi connectivity index (χ1v) is 14.3. The highest BCUT2D eigenvalue weighted by molar-refractivity contribution is 7.07. The summed E-state index contributed by atoms with van der Waals surface area (Å²) in [6.45, 7) is 5.73. The maximum absolute atomic E-state index is 14.9. The average molecular weight is 641 g/mol. The molecule has 0 unspecified atom stereocenters. The molecule has 0 bridgehead atoms. The first-order chi connectivity index (χ1) is 21.4. The molecule has 0 spiro atoms. The van der Waals surface area contributed by atoms with Crippen molar-refractivity contribution < 1.29 is 31.5 Å². The zero-order chi connectivity index (χ0) is 32.3. The molecule has 1 N–H and O–H groups in total. The molecule has 8 nitrogen and oxygen atoms in total. The van der Waals surface area contributed by atoms with Gasteiger partial charge in [0.05, 0.1) is 11.4 Å². The zero-order valence-electron chi connectivity index (χ0n) is 24.0. The molecule has 0 aliphatic heterocycles. The van der Waals surface area contributed by atoms with E-state index >= 15 is 0 Å². The van der Waals surface area contributed by atoms with Gasteiger partial charge < -0.3 is 10.1 Å². The maximum atomic E-state index is 14.9. The third-order valence-corrected chi connectivity index (χ3v) is 7.44. The van der Waals surface area contributed by atoms with Crippen LogP contribution in [0, 0.1) is 12.7 Å². The summed E-state index contributed by atoms with van der Waals surface area (Å²) >= 11 is 1.22. The number of alkyl halides is 3. The van der Waals surface area contributed by atoms with Gasteiger partial charge >= 0.3 is 12.4 Å². The van der Waals surface area contributed by atoms with Gasteiger partial charge in [-0.3, -0.25) is 4.57 Å². The Kier molecular flexibility index (Phi) is 8.95. The van der Waals surface area contributed by atoms with E-state index in [1.807, 2.05) is 26.2 Å². The van der Waals surface area contributed by atoms with Gasteiger partial charge in [0.25, 0.3) is 0 Å². The minimum absolute atomic E-state index is 0.0154. The lowest BCUT2D eigenvalue weighted by atomic mass is 10.0. The van der Waals surface area contributed by atoms with Crippen LogP contribution in [0.4, 0.5) is 26.7 Å². The summed E-state index contributed by atoms with van der Waals surface area (Å²) in [5, 5.41) is 8.48. The lowest BCUT2D eigenvalue weighted by Gasteiger charge is -2.15. The molecule has 0 aliphatic rings. The van der Waals surface area contributed by atoms with Gasteiger partial charge in [-0.1, -0.05) is 38.1 Å². The number of carbonyl (C=O) groups excluding carboxylic acids is 1. The van der Waals surface area contributed by atoms with Crippen LogP contribution < -0.4 is 14.9 Å². The molecule has 0 aliphatic carbocycles. The topological polar surface area (TPSA) is 86.3 Å². The van der Waals surface area contributed by atoms with Crippen LogP contribution in [0.25, 0.3) is 28.6 Å². The summed E-state index contributed by atoms with van der Waals surface area (Å²) in [6, 6.07) is 14.9. The smallest absolute Gasteiger partial charge is 0.406 e. The lowest BCUT2D eigenvalue weighted by Crippen LogP contribution is -2.22. The van der Waals surface area contributed by atoms with Crippen molar-refractivity contribution in [2.45, 2.75) is 33.1 Å². The Labute approximate surface area is 257 Å². The summed E-state index contributed by atoms with van der Waals surface area (Å²) in [4.78, 5) is 21.3. The molecule has 45 heavy (non-hydrogen) atoms. The number of thiazole rings is 1. The largest absolute Gasteiger partial charge is 0.573 e. The number of ether oxygens (including phenoxy) is 1. The van der Waals surface area contributed by atoms with Crippen LogP contribution in [0.1, 0.15) is 36.6 Å². The minimum atomic E-state index is -4.79. The van der Waals surface area contributed by atoms with E-state index < -0.39 is 18.2 Å². The van der Waals surface area contributed by atoms with Gasteiger partial charge in [-0.15, -0.1) is 29.6 Å². The summed E-state index contributed by atoms with van der Waals surface area (Å²) in [7, 11) is 0. The Balaban J connectivity index is 1.28. The fraction of sp³-hybridized carbons (Fsp3) is 0.161. The number of hydrogen-bond acceptors (Lipinski definition) is 5. The number of amides is 2. The van der Waals surface area contributed by atoms with E-state index in [1.165, 1.54) is 58.7 Å². The van der Waals surface area contributed by atoms with Crippen molar-refractivity contribution in [1.29, 1.82) is 0 Å². The fourth-order valence-corrected chi connectivity index (χ4v) is 5.25. The van der Waals surface area contributed by atoms with Gasteiger partial charge in [-0.05, 0) is 60.9 Å². The van der Waals surface area contributed by atoms with Crippen LogP contribution in [-0.2, 0) is 0 Å². The number of benzene rings is 3. The predicted molar refractivity (Wildman–Crippen MR) is 159 cm³/mol. The Hall–Kier alpha value is -5.11. The number of hydrogen-bond donors (Lipinski definition) is 1. The standard InChI is InChI=1S/C31H25F5N6O2S/c1-18(2)25-14-22(32)8-13-27(25)42-19(3)16-45-30(42)39-29(43)37-15-26(33)20-4-6-21(7-5-20)28-38-17-41(40-28)23-9-11-24(12-10-23)44-31(34,35)36/h4-18H,1-3H3,(H,37,43)/b26-15-,39-30?. The van der Waals surface area contributed by atoms with E-state index in [-0.39, 0.29) is 23.0 Å². The van der Waals surface area contributed by atoms with Gasteiger partial charge in [0.1, 0.15) is 23.7 Å². The number of aryl methyl sites for hydroxylation is 1. The van der Waals surface area contributed by atoms with E-state index in [0.29, 0.717) is 27.6 Å². The summed E-state index contributed by atoms with van der Waals surface area (Å²) in [5.74, 6) is -1.13. The summed E-state index contributed by atoms with van der Waals surface area (Å²) in [6.07, 6.45) is -2.50. The third kappa shape index (κ3) is 7.52. The molecule has 2 heterocycles. The Bertz CT molecular complexity index is 1920. The molecular formula is C31H25F5N6O2S. The van der Waals surface area contributed by atoms with E-state index in [2.05, 4.69) is 25.1 Å². The quantitative estimate of drug-likeness (QED) is 0.184. The number of rotatable bonds is 7. The number of aromatic nitrogens is 4. The van der Waals surface area contributed by atoms with Crippen molar-refractivity contribution >= 4 is 23.2 Å². The molecule has 5 aromatic rings. The monoisotopic (exact) mass is 640 g/mol. The van der Waals surface area contributed by atoms with Crippen molar-refractivity contribution in [2.24, 2.45) is 4.99 Å². The summed E-state index contributed by atoms with van der Waals surface area (Å²) in [5.41, 5.74) is 3.44. The number of carbonyl (C=O) groups is 1. The van der Waals surface area contributed by atoms with E-state index in [4.69, 9.17) is 0 Å². The highest BCUT2D eigenvalue weighted by Gasteiger charge is 2.31. The molecule has 14 heteroatoms. The normalized spacial score (nSPS) is 12.6. The fourth-order valence-electron chi connectivity index (χ4n) is 4.38. The average Bonchev–Trinajstić information content (AvgIpc) is 3.63. The van der Waals surface area contributed by atoms with Gasteiger partial charge in [0, 0.05) is 28.4 Å². The lowest BCUT2D eigenvalue weighted by molar-refractivity contribution is -0.274. The molecule has 5 rings (SSSR count).